The lowest BCUT2D eigenvalue weighted by molar-refractivity contribution is -0.131. The van der Waals surface area contributed by atoms with Crippen LogP contribution in [0, 0.1) is 0 Å². The molecule has 0 aliphatic heterocycles. The second-order valence-electron chi connectivity index (χ2n) is 16.3. The average Bonchev–Trinajstić information content (AvgIpc) is 3.18. The largest absolute Gasteiger partial charge is 0.394 e. The number of aliphatic hydroxyl groups is 3. The van der Waals surface area contributed by atoms with Crippen molar-refractivity contribution in [1.29, 1.82) is 0 Å². The maximum atomic E-state index is 12.5. The van der Waals surface area contributed by atoms with Crippen LogP contribution in [-0.2, 0) is 4.79 Å². The fourth-order valence-corrected chi connectivity index (χ4v) is 7.20. The first-order valence-electron chi connectivity index (χ1n) is 23.8. The highest BCUT2D eigenvalue weighted by Gasteiger charge is 2.22. The van der Waals surface area contributed by atoms with E-state index in [2.05, 4.69) is 43.5 Å². The monoisotopic (exact) mass is 760 g/mol. The van der Waals surface area contributed by atoms with Crippen LogP contribution in [0.5, 0.6) is 0 Å². The number of nitrogens with one attached hydrogen (secondary N) is 1. The van der Waals surface area contributed by atoms with E-state index in [0.717, 1.165) is 38.5 Å². The summed E-state index contributed by atoms with van der Waals surface area (Å²) in [5, 5.41) is 33.1. The van der Waals surface area contributed by atoms with Gasteiger partial charge in [0.25, 0.3) is 0 Å². The maximum absolute atomic E-state index is 12.5. The van der Waals surface area contributed by atoms with Crippen molar-refractivity contribution in [2.45, 2.75) is 263 Å². The molecule has 0 radical (unpaired) electrons. The maximum Gasteiger partial charge on any atom is 0.249 e. The average molecular weight is 760 g/mol. The molecule has 0 fully saturated rings. The fourth-order valence-electron chi connectivity index (χ4n) is 7.20. The van der Waals surface area contributed by atoms with Crippen LogP contribution in [-0.4, -0.2) is 46.1 Å². The Labute approximate surface area is 336 Å². The number of unbranched alkanes of at least 4 members (excludes halogenated alkanes) is 31. The number of carbonyl (C=O) groups is 1. The predicted molar refractivity (Wildman–Crippen MR) is 236 cm³/mol. The van der Waals surface area contributed by atoms with Crippen LogP contribution in [0.1, 0.15) is 245 Å². The normalized spacial score (nSPS) is 13.8. The second-order valence-corrected chi connectivity index (χ2v) is 16.3. The molecular formula is C49H93NO4. The molecule has 0 aliphatic rings. The number of rotatable bonds is 43. The minimum absolute atomic E-state index is 0.376. The lowest BCUT2D eigenvalue weighted by atomic mass is 10.0. The van der Waals surface area contributed by atoms with Gasteiger partial charge in [-0.3, -0.25) is 4.79 Å². The number of hydrogen-bond donors (Lipinski definition) is 4. The Morgan fingerprint density at radius 2 is 0.759 bits per heavy atom. The summed E-state index contributed by atoms with van der Waals surface area (Å²) in [6.07, 6.45) is 56.3. The van der Waals surface area contributed by atoms with Crippen LogP contribution in [0.15, 0.2) is 36.5 Å². The van der Waals surface area contributed by atoms with Crippen LogP contribution in [0.3, 0.4) is 0 Å². The van der Waals surface area contributed by atoms with Gasteiger partial charge in [-0.25, -0.2) is 0 Å². The first-order valence-corrected chi connectivity index (χ1v) is 23.8. The van der Waals surface area contributed by atoms with Crippen LogP contribution in [0.25, 0.3) is 0 Å². The summed E-state index contributed by atoms with van der Waals surface area (Å²) in [5.74, 6) is -0.513. The predicted octanol–water partition coefficient (Wildman–Crippen LogP) is 13.9. The van der Waals surface area contributed by atoms with Crippen LogP contribution < -0.4 is 5.32 Å². The highest BCUT2D eigenvalue weighted by atomic mass is 16.3. The van der Waals surface area contributed by atoms with Crippen molar-refractivity contribution < 1.29 is 20.1 Å². The van der Waals surface area contributed by atoms with Gasteiger partial charge in [0.2, 0.25) is 5.91 Å². The van der Waals surface area contributed by atoms with Crippen LogP contribution in [0.2, 0.25) is 0 Å². The van der Waals surface area contributed by atoms with E-state index < -0.39 is 24.2 Å². The number of aliphatic hydroxyl groups excluding tert-OH is 3. The molecule has 0 aromatic carbocycles. The molecule has 54 heavy (non-hydrogen) atoms. The molecule has 0 spiro atoms. The van der Waals surface area contributed by atoms with Crippen molar-refractivity contribution in [2.24, 2.45) is 0 Å². The summed E-state index contributed by atoms with van der Waals surface area (Å²) in [6.45, 7) is 4.16. The van der Waals surface area contributed by atoms with E-state index in [-0.39, 0.29) is 6.61 Å². The first-order chi connectivity index (χ1) is 26.6. The van der Waals surface area contributed by atoms with Crippen molar-refractivity contribution in [3.8, 4) is 0 Å². The fraction of sp³-hybridized carbons (Fsp3) is 0.857. The summed E-state index contributed by atoms with van der Waals surface area (Å²) in [6, 6.07) is -0.813. The van der Waals surface area contributed by atoms with Gasteiger partial charge in [-0.05, 0) is 57.8 Å². The Morgan fingerprint density at radius 3 is 1.13 bits per heavy atom. The van der Waals surface area contributed by atoms with E-state index in [0.29, 0.717) is 6.42 Å². The summed E-state index contributed by atoms with van der Waals surface area (Å²) >= 11 is 0. The highest BCUT2D eigenvalue weighted by Crippen LogP contribution is 2.15. The molecule has 0 bridgehead atoms. The Morgan fingerprint density at radius 1 is 0.444 bits per heavy atom. The van der Waals surface area contributed by atoms with E-state index in [1.807, 2.05) is 6.08 Å². The Balaban J connectivity index is 3.58. The van der Waals surface area contributed by atoms with Gasteiger partial charge in [0.1, 0.15) is 6.10 Å². The minimum Gasteiger partial charge on any atom is -0.394 e. The van der Waals surface area contributed by atoms with E-state index in [9.17, 15) is 20.1 Å². The highest BCUT2D eigenvalue weighted by molar-refractivity contribution is 5.80. The molecule has 0 saturated heterocycles. The summed E-state index contributed by atoms with van der Waals surface area (Å²) in [7, 11) is 0. The lowest BCUT2D eigenvalue weighted by Crippen LogP contribution is -2.48. The first kappa shape index (κ1) is 52.6. The number of carbonyl (C=O) groups excluding carboxylic acids is 1. The number of amides is 1. The molecule has 0 aliphatic carbocycles. The molecule has 0 saturated carbocycles. The SMILES string of the molecule is CCCCCCCC/C=C/CC/C=C/C(O)C(CO)NC(=O)C(O)CCCCCCCCCCCCCC/C=C\CCCCCCCCCCCCCC. The van der Waals surface area contributed by atoms with Gasteiger partial charge in [-0.1, -0.05) is 224 Å². The molecule has 0 aromatic heterocycles. The van der Waals surface area contributed by atoms with Gasteiger partial charge < -0.3 is 20.6 Å². The smallest absolute Gasteiger partial charge is 0.249 e. The molecule has 3 unspecified atom stereocenters. The van der Waals surface area contributed by atoms with Gasteiger partial charge in [-0.2, -0.15) is 0 Å². The topological polar surface area (TPSA) is 89.8 Å². The standard InChI is InChI=1S/C49H93NO4/c1-3-5-7-9-11-13-15-17-18-19-20-21-22-23-24-25-26-27-28-29-30-31-32-34-36-38-40-42-44-48(53)49(54)50-46(45-51)47(52)43-41-39-37-35-33-16-14-12-10-8-6-4-2/h23-24,33,35,41,43,46-48,51-53H,3-22,25-32,34,36-40,42,44-45H2,1-2H3,(H,50,54)/b24-23-,35-33+,43-41+. The number of allylic oxidation sites excluding steroid dienone is 5. The zero-order valence-corrected chi connectivity index (χ0v) is 36.1. The molecule has 3 atom stereocenters. The van der Waals surface area contributed by atoms with Gasteiger partial charge in [0, 0.05) is 0 Å². The van der Waals surface area contributed by atoms with E-state index >= 15 is 0 Å². The molecule has 0 rings (SSSR count). The van der Waals surface area contributed by atoms with Crippen molar-refractivity contribution in [2.75, 3.05) is 6.61 Å². The molecule has 5 heteroatoms. The Bertz CT molecular complexity index is 840. The molecule has 1 amide bonds. The third kappa shape index (κ3) is 38.8. The Kier molecular flexibility index (Phi) is 43.1. The molecule has 318 valence electrons. The minimum atomic E-state index is -1.10. The number of hydrogen-bond acceptors (Lipinski definition) is 4. The molecule has 0 heterocycles. The molecular weight excluding hydrogens is 667 g/mol. The quantitative estimate of drug-likeness (QED) is 0.0368. The van der Waals surface area contributed by atoms with E-state index in [4.69, 9.17) is 0 Å². The van der Waals surface area contributed by atoms with Gasteiger partial charge >= 0.3 is 0 Å². The third-order valence-electron chi connectivity index (χ3n) is 11.0. The zero-order valence-electron chi connectivity index (χ0n) is 36.1. The summed E-state index contributed by atoms with van der Waals surface area (Å²) in [4.78, 5) is 12.5. The zero-order chi connectivity index (χ0) is 39.4. The Hall–Kier alpha value is -1.43. The molecule has 4 N–H and O–H groups in total. The van der Waals surface area contributed by atoms with Crippen LogP contribution in [0.4, 0.5) is 0 Å². The van der Waals surface area contributed by atoms with Crippen LogP contribution >= 0.6 is 0 Å². The van der Waals surface area contributed by atoms with Gasteiger partial charge in [-0.15, -0.1) is 0 Å². The van der Waals surface area contributed by atoms with Crippen molar-refractivity contribution in [1.82, 2.24) is 5.32 Å². The molecule has 5 nitrogen and oxygen atoms in total. The van der Waals surface area contributed by atoms with Crippen molar-refractivity contribution >= 4 is 5.91 Å². The van der Waals surface area contributed by atoms with Crippen molar-refractivity contribution in [3.63, 3.8) is 0 Å². The van der Waals surface area contributed by atoms with Crippen molar-refractivity contribution in [3.05, 3.63) is 36.5 Å². The van der Waals surface area contributed by atoms with E-state index in [1.165, 1.54) is 186 Å². The third-order valence-corrected chi connectivity index (χ3v) is 11.0. The summed E-state index contributed by atoms with van der Waals surface area (Å²) < 4.78 is 0. The molecule has 0 aromatic rings. The second kappa shape index (κ2) is 44.3. The van der Waals surface area contributed by atoms with Gasteiger partial charge in [0.15, 0.2) is 0 Å². The summed E-state index contributed by atoms with van der Waals surface area (Å²) in [5.41, 5.74) is 0. The van der Waals surface area contributed by atoms with Gasteiger partial charge in [0.05, 0.1) is 18.8 Å². The van der Waals surface area contributed by atoms with E-state index in [1.54, 1.807) is 6.08 Å². The lowest BCUT2D eigenvalue weighted by Gasteiger charge is -2.21.